The largest absolute Gasteiger partial charge is 0.355 e. The number of aryl methyl sites for hydroxylation is 1. The molecule has 178 valence electrons. The van der Waals surface area contributed by atoms with E-state index < -0.39 is 10.0 Å². The summed E-state index contributed by atoms with van der Waals surface area (Å²) in [5.41, 5.74) is 2.61. The van der Waals surface area contributed by atoms with Crippen molar-refractivity contribution < 1.29 is 18.0 Å². The number of nitrogens with zero attached hydrogens (tertiary/aromatic N) is 3. The molecule has 34 heavy (non-hydrogen) atoms. The highest BCUT2D eigenvalue weighted by Crippen LogP contribution is 2.31. The smallest absolute Gasteiger partial charge is 0.285 e. The molecule has 2 saturated heterocycles. The number of hydrogen-bond acceptors (Lipinski definition) is 5. The molecule has 0 aliphatic carbocycles. The second kappa shape index (κ2) is 8.87. The summed E-state index contributed by atoms with van der Waals surface area (Å²) >= 11 is 0. The van der Waals surface area contributed by atoms with Crippen LogP contribution in [0.4, 0.5) is 5.69 Å². The molecule has 3 aliphatic rings. The number of piperidine rings is 1. The monoisotopic (exact) mass is 480 g/mol. The van der Waals surface area contributed by atoms with Crippen molar-refractivity contribution in [1.82, 2.24) is 9.80 Å². The first-order valence-corrected chi connectivity index (χ1v) is 13.2. The Morgan fingerprint density at radius 3 is 2.41 bits per heavy atom. The number of benzene rings is 2. The van der Waals surface area contributed by atoms with Gasteiger partial charge in [-0.2, -0.15) is 8.42 Å². The maximum Gasteiger partial charge on any atom is 0.285 e. The van der Waals surface area contributed by atoms with Crippen LogP contribution in [0.2, 0.25) is 0 Å². The first kappa shape index (κ1) is 22.6. The van der Waals surface area contributed by atoms with E-state index in [1.54, 1.807) is 30.3 Å². The number of hydrogen-bond donors (Lipinski definition) is 1. The Balaban J connectivity index is 1.28. The highest BCUT2D eigenvalue weighted by molar-refractivity contribution is 7.90. The van der Waals surface area contributed by atoms with Crippen LogP contribution in [-0.4, -0.2) is 62.0 Å². The number of sulfonamides is 1. The molecule has 0 unspecified atom stereocenters. The van der Waals surface area contributed by atoms with Crippen molar-refractivity contribution in [3.8, 4) is 0 Å². The Hall–Kier alpha value is -3.20. The average Bonchev–Trinajstić information content (AvgIpc) is 3.47. The van der Waals surface area contributed by atoms with Gasteiger partial charge >= 0.3 is 0 Å². The van der Waals surface area contributed by atoms with Crippen molar-refractivity contribution >= 4 is 33.4 Å². The summed E-state index contributed by atoms with van der Waals surface area (Å²) in [5.74, 6) is 0.0996. The molecule has 0 spiro atoms. The molecule has 3 heterocycles. The van der Waals surface area contributed by atoms with E-state index in [4.69, 9.17) is 0 Å². The van der Waals surface area contributed by atoms with Crippen LogP contribution in [0.3, 0.4) is 0 Å². The number of amidine groups is 1. The van der Waals surface area contributed by atoms with E-state index in [1.807, 2.05) is 28.9 Å². The van der Waals surface area contributed by atoms with Crippen molar-refractivity contribution in [2.75, 3.05) is 31.5 Å². The third kappa shape index (κ3) is 4.09. The lowest BCUT2D eigenvalue weighted by atomic mass is 9.94. The minimum absolute atomic E-state index is 0.0366. The molecule has 2 aromatic carbocycles. The molecule has 8 nitrogen and oxygen atoms in total. The number of rotatable bonds is 3. The predicted octanol–water partition coefficient (Wildman–Crippen LogP) is 3.03. The van der Waals surface area contributed by atoms with Gasteiger partial charge in [-0.1, -0.05) is 24.3 Å². The first-order valence-electron chi connectivity index (χ1n) is 11.7. The van der Waals surface area contributed by atoms with Crippen LogP contribution in [0.1, 0.15) is 47.2 Å². The third-order valence-electron chi connectivity index (χ3n) is 6.92. The van der Waals surface area contributed by atoms with Gasteiger partial charge in [-0.25, -0.2) is 0 Å². The van der Waals surface area contributed by atoms with Crippen LogP contribution in [0.25, 0.3) is 0 Å². The van der Waals surface area contributed by atoms with E-state index in [0.717, 1.165) is 31.5 Å². The number of amides is 2. The Morgan fingerprint density at radius 1 is 0.971 bits per heavy atom. The molecule has 2 aromatic rings. The van der Waals surface area contributed by atoms with Crippen molar-refractivity contribution in [2.45, 2.75) is 37.5 Å². The van der Waals surface area contributed by atoms with Gasteiger partial charge in [0.25, 0.3) is 15.9 Å². The minimum atomic E-state index is -3.67. The van der Waals surface area contributed by atoms with Gasteiger partial charge in [-0.05, 0) is 56.4 Å². The molecule has 0 saturated carbocycles. The van der Waals surface area contributed by atoms with E-state index >= 15 is 0 Å². The molecule has 2 amide bonds. The second-order valence-corrected chi connectivity index (χ2v) is 10.7. The molecule has 9 heteroatoms. The lowest BCUT2D eigenvalue weighted by Gasteiger charge is -2.33. The summed E-state index contributed by atoms with van der Waals surface area (Å²) in [7, 11) is -3.67. The number of fused-ring (bicyclic) bond motifs is 1. The molecular formula is C25H28N4O4S. The summed E-state index contributed by atoms with van der Waals surface area (Å²) < 4.78 is 28.8. The Kier molecular flexibility index (Phi) is 5.89. The van der Waals surface area contributed by atoms with Gasteiger partial charge in [0, 0.05) is 37.7 Å². The van der Waals surface area contributed by atoms with Gasteiger partial charge in [-0.3, -0.25) is 9.59 Å². The first-order chi connectivity index (χ1) is 16.3. The van der Waals surface area contributed by atoms with Gasteiger partial charge in [0.2, 0.25) is 5.91 Å². The lowest BCUT2D eigenvalue weighted by molar-refractivity contribution is -0.121. The van der Waals surface area contributed by atoms with E-state index in [2.05, 4.69) is 9.71 Å². The molecule has 0 aromatic heterocycles. The summed E-state index contributed by atoms with van der Waals surface area (Å²) in [6, 6.07) is 12.4. The van der Waals surface area contributed by atoms with Crippen LogP contribution < -0.4 is 5.32 Å². The van der Waals surface area contributed by atoms with E-state index in [1.165, 1.54) is 0 Å². The highest BCUT2D eigenvalue weighted by Gasteiger charge is 2.35. The van der Waals surface area contributed by atoms with E-state index in [9.17, 15) is 18.0 Å². The van der Waals surface area contributed by atoms with Crippen molar-refractivity contribution in [3.63, 3.8) is 0 Å². The fourth-order valence-corrected chi connectivity index (χ4v) is 6.23. The number of nitrogens with one attached hydrogen (secondary N) is 1. The fraction of sp³-hybridized carbons (Fsp3) is 0.400. The topological polar surface area (TPSA) is 99.2 Å². The number of carbonyl (C=O) groups excluding carboxylic acids is 2. The third-order valence-corrected chi connectivity index (χ3v) is 8.25. The normalized spacial score (nSPS) is 19.6. The maximum absolute atomic E-state index is 13.2. The molecule has 2 fully saturated rings. The molecule has 3 aliphatic heterocycles. The van der Waals surface area contributed by atoms with Crippen LogP contribution in [-0.2, 0) is 14.8 Å². The second-order valence-electron chi connectivity index (χ2n) is 9.13. The Bertz CT molecular complexity index is 1270. The van der Waals surface area contributed by atoms with E-state index in [-0.39, 0.29) is 22.6 Å². The van der Waals surface area contributed by atoms with E-state index in [0.29, 0.717) is 48.6 Å². The van der Waals surface area contributed by atoms with Crippen LogP contribution >= 0.6 is 0 Å². The van der Waals surface area contributed by atoms with Crippen molar-refractivity contribution in [3.05, 3.63) is 59.2 Å². The van der Waals surface area contributed by atoms with Crippen LogP contribution in [0.5, 0.6) is 0 Å². The van der Waals surface area contributed by atoms with Gasteiger partial charge in [-0.15, -0.1) is 4.40 Å². The number of anilines is 1. The van der Waals surface area contributed by atoms with Gasteiger partial charge in [0.05, 0.1) is 11.3 Å². The summed E-state index contributed by atoms with van der Waals surface area (Å²) in [5, 5.41) is 3.03. The molecule has 0 radical (unpaired) electrons. The number of carbonyl (C=O) groups is 2. The minimum Gasteiger partial charge on any atom is -0.355 e. The van der Waals surface area contributed by atoms with Gasteiger partial charge in [0.15, 0.2) is 5.84 Å². The number of para-hydroxylation sites is 1. The molecule has 0 atom stereocenters. The van der Waals surface area contributed by atoms with Gasteiger partial charge in [0.1, 0.15) is 4.90 Å². The maximum atomic E-state index is 13.2. The summed E-state index contributed by atoms with van der Waals surface area (Å²) in [4.78, 5) is 30.2. The number of likely N-dealkylation sites (tertiary alicyclic amines) is 2. The summed E-state index contributed by atoms with van der Waals surface area (Å²) in [6.45, 7) is 4.47. The van der Waals surface area contributed by atoms with Gasteiger partial charge < -0.3 is 15.1 Å². The molecule has 1 N–H and O–H groups in total. The molecule has 5 rings (SSSR count). The average molecular weight is 481 g/mol. The van der Waals surface area contributed by atoms with Crippen molar-refractivity contribution in [2.24, 2.45) is 10.3 Å². The zero-order chi connectivity index (χ0) is 23.9. The van der Waals surface area contributed by atoms with Crippen LogP contribution in [0, 0.1) is 12.8 Å². The zero-order valence-corrected chi connectivity index (χ0v) is 20.0. The predicted molar refractivity (Wildman–Crippen MR) is 129 cm³/mol. The fourth-order valence-electron chi connectivity index (χ4n) is 5.00. The standard InChI is InChI=1S/C25H28N4O4S/c1-17-7-6-9-20(25(31)29-13-4-5-14-29)22(17)26-24(30)18-11-15-28(16-12-18)23-19-8-2-3-10-21(19)34(32,33)27-23/h2-3,6-10,18H,4-5,11-16H2,1H3,(H,26,30). The molecular weight excluding hydrogens is 452 g/mol. The zero-order valence-electron chi connectivity index (χ0n) is 19.2. The Morgan fingerprint density at radius 2 is 1.68 bits per heavy atom. The van der Waals surface area contributed by atoms with Crippen molar-refractivity contribution in [1.29, 1.82) is 0 Å². The lowest BCUT2D eigenvalue weighted by Crippen LogP contribution is -2.41. The SMILES string of the molecule is Cc1cccc(C(=O)N2CCCC2)c1NC(=O)C1CCN(C2=NS(=O)(=O)c3ccccc32)CC1. The molecule has 0 bridgehead atoms. The Labute approximate surface area is 199 Å². The quantitative estimate of drug-likeness (QED) is 0.728. The van der Waals surface area contributed by atoms with Crippen LogP contribution in [0.15, 0.2) is 51.8 Å². The summed E-state index contributed by atoms with van der Waals surface area (Å²) in [6.07, 6.45) is 3.17. The highest BCUT2D eigenvalue weighted by atomic mass is 32.2.